The van der Waals surface area contributed by atoms with Crippen LogP contribution in [0, 0.1) is 0 Å². The Kier molecular flexibility index (Phi) is 4.52. The van der Waals surface area contributed by atoms with Crippen LogP contribution in [0.5, 0.6) is 0 Å². The summed E-state index contributed by atoms with van der Waals surface area (Å²) in [6, 6.07) is 8.59. The van der Waals surface area contributed by atoms with Gasteiger partial charge in [-0.2, -0.15) is 0 Å². The minimum Gasteiger partial charge on any atom is -0.378 e. The van der Waals surface area contributed by atoms with Gasteiger partial charge >= 0.3 is 0 Å². The molecule has 0 aliphatic carbocycles. The number of nitrogens with one attached hydrogen (secondary N) is 1. The van der Waals surface area contributed by atoms with Crippen molar-refractivity contribution in [2.45, 2.75) is 13.0 Å². The van der Waals surface area contributed by atoms with Gasteiger partial charge in [0, 0.05) is 46.3 Å². The number of aryl methyl sites for hydroxylation is 1. The first kappa shape index (κ1) is 13.5. The molecular formula is C14H21N5. The maximum atomic E-state index is 4.06. The highest BCUT2D eigenvalue weighted by Gasteiger charge is 2.00. The van der Waals surface area contributed by atoms with E-state index >= 15 is 0 Å². The van der Waals surface area contributed by atoms with Gasteiger partial charge in [0.2, 0.25) is 0 Å². The van der Waals surface area contributed by atoms with Crippen LogP contribution >= 0.6 is 0 Å². The topological polar surface area (TPSA) is 46.0 Å². The third-order valence-corrected chi connectivity index (χ3v) is 3.11. The van der Waals surface area contributed by atoms with Gasteiger partial charge in [0.1, 0.15) is 12.2 Å². The van der Waals surface area contributed by atoms with Gasteiger partial charge in [0.15, 0.2) is 0 Å². The smallest absolute Gasteiger partial charge is 0.133 e. The highest BCUT2D eigenvalue weighted by atomic mass is 15.2. The van der Waals surface area contributed by atoms with Crippen molar-refractivity contribution >= 4 is 5.69 Å². The second-order valence-electron chi connectivity index (χ2n) is 4.85. The Bertz CT molecular complexity index is 501. The lowest BCUT2D eigenvalue weighted by molar-refractivity contribution is 0.654. The summed E-state index contributed by atoms with van der Waals surface area (Å²) in [5, 5.41) is 11.3. The Balaban J connectivity index is 1.75. The van der Waals surface area contributed by atoms with Crippen molar-refractivity contribution in [1.82, 2.24) is 20.1 Å². The molecule has 19 heavy (non-hydrogen) atoms. The molecule has 0 bridgehead atoms. The van der Waals surface area contributed by atoms with Crippen LogP contribution in [0.25, 0.3) is 0 Å². The van der Waals surface area contributed by atoms with E-state index in [1.165, 1.54) is 11.3 Å². The number of anilines is 1. The Morgan fingerprint density at radius 2 is 1.95 bits per heavy atom. The molecule has 5 nitrogen and oxygen atoms in total. The van der Waals surface area contributed by atoms with Crippen LogP contribution in [0.1, 0.15) is 11.4 Å². The van der Waals surface area contributed by atoms with E-state index < -0.39 is 0 Å². The molecule has 0 saturated heterocycles. The Morgan fingerprint density at radius 1 is 1.21 bits per heavy atom. The van der Waals surface area contributed by atoms with E-state index in [9.17, 15) is 0 Å². The monoisotopic (exact) mass is 259 g/mol. The first-order valence-corrected chi connectivity index (χ1v) is 6.46. The maximum absolute atomic E-state index is 4.06. The molecule has 2 rings (SSSR count). The fourth-order valence-electron chi connectivity index (χ4n) is 1.88. The van der Waals surface area contributed by atoms with E-state index in [1.807, 2.05) is 25.7 Å². The molecule has 0 atom stereocenters. The van der Waals surface area contributed by atoms with Crippen LogP contribution in [0.2, 0.25) is 0 Å². The van der Waals surface area contributed by atoms with Crippen LogP contribution in [-0.2, 0) is 20.0 Å². The summed E-state index contributed by atoms with van der Waals surface area (Å²) in [5.41, 5.74) is 2.52. The lowest BCUT2D eigenvalue weighted by Crippen LogP contribution is -2.18. The van der Waals surface area contributed by atoms with Gasteiger partial charge < -0.3 is 14.8 Å². The summed E-state index contributed by atoms with van der Waals surface area (Å²) in [5.74, 6) is 1.01. The summed E-state index contributed by atoms with van der Waals surface area (Å²) < 4.78 is 1.95. The van der Waals surface area contributed by atoms with Crippen molar-refractivity contribution in [2.75, 3.05) is 25.5 Å². The highest BCUT2D eigenvalue weighted by Crippen LogP contribution is 2.11. The normalized spacial score (nSPS) is 10.7. The molecule has 1 aromatic heterocycles. The summed E-state index contributed by atoms with van der Waals surface area (Å²) in [4.78, 5) is 2.10. The molecule has 0 aliphatic heterocycles. The molecule has 1 aromatic carbocycles. The van der Waals surface area contributed by atoms with E-state index in [0.29, 0.717) is 0 Å². The van der Waals surface area contributed by atoms with Gasteiger partial charge in [-0.1, -0.05) is 12.1 Å². The molecule has 0 aliphatic rings. The molecule has 0 amide bonds. The minimum absolute atomic E-state index is 0.881. The largest absolute Gasteiger partial charge is 0.378 e. The Labute approximate surface area is 114 Å². The SMILES string of the molecule is CN(C)c1ccc(CNCCc2nncn2C)cc1. The minimum atomic E-state index is 0.881. The molecule has 0 unspecified atom stereocenters. The predicted octanol–water partition coefficient (Wildman–Crippen LogP) is 1.21. The van der Waals surface area contributed by atoms with Gasteiger partial charge in [-0.05, 0) is 17.7 Å². The van der Waals surface area contributed by atoms with Crippen LogP contribution in [0.4, 0.5) is 5.69 Å². The molecular weight excluding hydrogens is 238 g/mol. The lowest BCUT2D eigenvalue weighted by Gasteiger charge is -2.12. The summed E-state index contributed by atoms with van der Waals surface area (Å²) in [6.07, 6.45) is 2.63. The van der Waals surface area contributed by atoms with Crippen molar-refractivity contribution in [1.29, 1.82) is 0 Å². The molecule has 0 radical (unpaired) electrons. The van der Waals surface area contributed by atoms with Crippen molar-refractivity contribution in [3.8, 4) is 0 Å². The van der Waals surface area contributed by atoms with Gasteiger partial charge in [-0.3, -0.25) is 0 Å². The van der Waals surface area contributed by atoms with E-state index in [-0.39, 0.29) is 0 Å². The fourth-order valence-corrected chi connectivity index (χ4v) is 1.88. The molecule has 1 heterocycles. The van der Waals surface area contributed by atoms with Crippen molar-refractivity contribution < 1.29 is 0 Å². The molecule has 5 heteroatoms. The molecule has 0 spiro atoms. The number of hydrogen-bond donors (Lipinski definition) is 1. The summed E-state index contributed by atoms with van der Waals surface area (Å²) in [7, 11) is 6.07. The molecule has 2 aromatic rings. The lowest BCUT2D eigenvalue weighted by atomic mass is 10.2. The van der Waals surface area contributed by atoms with Crippen molar-refractivity contribution in [3.05, 3.63) is 42.0 Å². The summed E-state index contributed by atoms with van der Waals surface area (Å²) in [6.45, 7) is 1.79. The van der Waals surface area contributed by atoms with E-state index in [0.717, 1.165) is 25.3 Å². The number of aromatic nitrogens is 3. The first-order chi connectivity index (χ1) is 9.16. The fraction of sp³-hybridized carbons (Fsp3) is 0.429. The third kappa shape index (κ3) is 3.79. The second-order valence-corrected chi connectivity index (χ2v) is 4.85. The van der Waals surface area contributed by atoms with E-state index in [1.54, 1.807) is 6.33 Å². The standard InChI is InChI=1S/C14H21N5/c1-18(2)13-6-4-12(5-7-13)10-15-9-8-14-17-16-11-19(14)3/h4-7,11,15H,8-10H2,1-3H3. The Morgan fingerprint density at radius 3 is 2.53 bits per heavy atom. The zero-order valence-corrected chi connectivity index (χ0v) is 11.8. The van der Waals surface area contributed by atoms with Crippen LogP contribution in [0.15, 0.2) is 30.6 Å². The van der Waals surface area contributed by atoms with Crippen LogP contribution in [0.3, 0.4) is 0 Å². The molecule has 0 saturated carbocycles. The van der Waals surface area contributed by atoms with E-state index in [4.69, 9.17) is 0 Å². The highest BCUT2D eigenvalue weighted by molar-refractivity contribution is 5.45. The van der Waals surface area contributed by atoms with Crippen molar-refractivity contribution in [3.63, 3.8) is 0 Å². The number of nitrogens with zero attached hydrogens (tertiary/aromatic N) is 4. The van der Waals surface area contributed by atoms with Gasteiger partial charge in [-0.25, -0.2) is 0 Å². The zero-order chi connectivity index (χ0) is 13.7. The molecule has 1 N–H and O–H groups in total. The first-order valence-electron chi connectivity index (χ1n) is 6.46. The number of hydrogen-bond acceptors (Lipinski definition) is 4. The number of rotatable bonds is 6. The van der Waals surface area contributed by atoms with E-state index in [2.05, 4.69) is 44.7 Å². The van der Waals surface area contributed by atoms with Crippen molar-refractivity contribution in [2.24, 2.45) is 7.05 Å². The maximum Gasteiger partial charge on any atom is 0.133 e. The molecule has 0 fully saturated rings. The van der Waals surface area contributed by atoms with Crippen LogP contribution < -0.4 is 10.2 Å². The zero-order valence-electron chi connectivity index (χ0n) is 11.8. The second kappa shape index (κ2) is 6.33. The predicted molar refractivity (Wildman–Crippen MR) is 77.2 cm³/mol. The van der Waals surface area contributed by atoms with Gasteiger partial charge in [0.25, 0.3) is 0 Å². The van der Waals surface area contributed by atoms with Crippen LogP contribution in [-0.4, -0.2) is 35.4 Å². The molecule has 102 valence electrons. The quantitative estimate of drug-likeness (QED) is 0.792. The average Bonchev–Trinajstić information content (AvgIpc) is 2.81. The third-order valence-electron chi connectivity index (χ3n) is 3.11. The van der Waals surface area contributed by atoms with Gasteiger partial charge in [0.05, 0.1) is 0 Å². The Hall–Kier alpha value is -1.88. The average molecular weight is 259 g/mol. The summed E-state index contributed by atoms with van der Waals surface area (Å²) >= 11 is 0. The van der Waals surface area contributed by atoms with Gasteiger partial charge in [-0.15, -0.1) is 10.2 Å². The number of benzene rings is 1.